The van der Waals surface area contributed by atoms with E-state index in [4.69, 9.17) is 4.74 Å². The van der Waals surface area contributed by atoms with Crippen molar-refractivity contribution >= 4 is 45.2 Å². The van der Waals surface area contributed by atoms with Gasteiger partial charge in [-0.15, -0.1) is 11.3 Å². The summed E-state index contributed by atoms with van der Waals surface area (Å²) in [5.74, 6) is 0.355. The van der Waals surface area contributed by atoms with Gasteiger partial charge >= 0.3 is 5.97 Å². The summed E-state index contributed by atoms with van der Waals surface area (Å²) in [6.07, 6.45) is 5.35. The van der Waals surface area contributed by atoms with E-state index < -0.39 is 12.0 Å². The minimum absolute atomic E-state index is 0.0123. The molecule has 2 aromatic heterocycles. The van der Waals surface area contributed by atoms with Gasteiger partial charge < -0.3 is 10.1 Å². The van der Waals surface area contributed by atoms with Gasteiger partial charge in [0, 0.05) is 10.3 Å². The minimum atomic E-state index is -0.621. The largest absolute Gasteiger partial charge is 0.467 e. The monoisotopic (exact) mass is 421 g/mol. The highest BCUT2D eigenvalue weighted by Gasteiger charge is 2.27. The number of rotatable bonds is 7. The zero-order valence-corrected chi connectivity index (χ0v) is 18.5. The van der Waals surface area contributed by atoms with Crippen LogP contribution in [-0.2, 0) is 27.2 Å². The van der Waals surface area contributed by atoms with Crippen molar-refractivity contribution in [3.05, 3.63) is 16.3 Å². The summed E-state index contributed by atoms with van der Waals surface area (Å²) in [5.41, 5.74) is 1.36. The number of carbonyl (C=O) groups excluding carboxylic acids is 2. The molecule has 2 atom stereocenters. The number of esters is 1. The highest BCUT2D eigenvalue weighted by atomic mass is 32.2. The van der Waals surface area contributed by atoms with Gasteiger partial charge in [-0.1, -0.05) is 32.0 Å². The molecule has 3 rings (SSSR count). The third-order valence-electron chi connectivity index (χ3n) is 5.22. The number of nitrogens with one attached hydrogen (secondary N) is 1. The van der Waals surface area contributed by atoms with Crippen LogP contribution >= 0.6 is 23.1 Å². The van der Waals surface area contributed by atoms with Gasteiger partial charge in [0.1, 0.15) is 21.7 Å². The number of ether oxygens (including phenoxy) is 1. The summed E-state index contributed by atoms with van der Waals surface area (Å²) in [6.45, 7) is 5.81. The van der Waals surface area contributed by atoms with Crippen molar-refractivity contribution in [1.82, 2.24) is 15.3 Å². The molecule has 0 radical (unpaired) electrons. The molecule has 2 heterocycles. The van der Waals surface area contributed by atoms with Crippen LogP contribution in [0.1, 0.15) is 49.4 Å². The summed E-state index contributed by atoms with van der Waals surface area (Å²) < 4.78 is 4.84. The maximum absolute atomic E-state index is 12.5. The summed E-state index contributed by atoms with van der Waals surface area (Å²) in [4.78, 5) is 36.2. The molecule has 28 heavy (non-hydrogen) atoms. The van der Waals surface area contributed by atoms with Gasteiger partial charge in [-0.25, -0.2) is 14.8 Å². The predicted molar refractivity (Wildman–Crippen MR) is 113 cm³/mol. The number of thiophene rings is 1. The van der Waals surface area contributed by atoms with Crippen molar-refractivity contribution < 1.29 is 14.3 Å². The van der Waals surface area contributed by atoms with Gasteiger partial charge in [-0.3, -0.25) is 4.79 Å². The average molecular weight is 422 g/mol. The van der Waals surface area contributed by atoms with Gasteiger partial charge in [0.2, 0.25) is 5.91 Å². The van der Waals surface area contributed by atoms with E-state index in [9.17, 15) is 9.59 Å². The molecule has 0 aromatic carbocycles. The van der Waals surface area contributed by atoms with Gasteiger partial charge in [0.15, 0.2) is 0 Å². The van der Waals surface area contributed by atoms with Crippen molar-refractivity contribution in [1.29, 1.82) is 0 Å². The molecule has 6 nitrogen and oxygen atoms in total. The fourth-order valence-electron chi connectivity index (χ4n) is 3.48. The first kappa shape index (κ1) is 21.0. The lowest BCUT2D eigenvalue weighted by Gasteiger charge is -2.21. The van der Waals surface area contributed by atoms with Crippen LogP contribution in [0.3, 0.4) is 0 Å². The first-order chi connectivity index (χ1) is 13.4. The molecule has 1 N–H and O–H groups in total. The zero-order valence-electron chi connectivity index (χ0n) is 16.8. The quantitative estimate of drug-likeness (QED) is 0.417. The molecule has 1 aliphatic rings. The third kappa shape index (κ3) is 4.49. The SMILES string of the molecule is CC[C@H](C)[C@H](NC(=O)CSc1nc(C)nc2sc3c(c12)CCCC3)C(=O)OC. The van der Waals surface area contributed by atoms with Gasteiger partial charge in [-0.05, 0) is 44.1 Å². The second kappa shape index (κ2) is 9.22. The van der Waals surface area contributed by atoms with E-state index in [1.807, 2.05) is 20.8 Å². The Morgan fingerprint density at radius 1 is 1.29 bits per heavy atom. The van der Waals surface area contributed by atoms with Gasteiger partial charge in [0.25, 0.3) is 0 Å². The summed E-state index contributed by atoms with van der Waals surface area (Å²) in [5, 5.41) is 4.82. The maximum Gasteiger partial charge on any atom is 0.328 e. The van der Waals surface area contributed by atoms with E-state index in [1.165, 1.54) is 42.2 Å². The lowest BCUT2D eigenvalue weighted by atomic mass is 9.97. The number of amides is 1. The van der Waals surface area contributed by atoms with E-state index >= 15 is 0 Å². The second-order valence-electron chi connectivity index (χ2n) is 7.21. The van der Waals surface area contributed by atoms with Crippen LogP contribution in [0.2, 0.25) is 0 Å². The molecular weight excluding hydrogens is 394 g/mol. The highest BCUT2D eigenvalue weighted by Crippen LogP contribution is 2.39. The smallest absolute Gasteiger partial charge is 0.328 e. The molecule has 0 saturated heterocycles. The molecular formula is C20H27N3O3S2. The molecule has 8 heteroatoms. The molecule has 0 saturated carbocycles. The van der Waals surface area contributed by atoms with Crippen LogP contribution in [0.15, 0.2) is 5.03 Å². The first-order valence-corrected chi connectivity index (χ1v) is 11.5. The second-order valence-corrected chi connectivity index (χ2v) is 9.26. The van der Waals surface area contributed by atoms with Crippen LogP contribution in [-0.4, -0.2) is 40.7 Å². The lowest BCUT2D eigenvalue weighted by Crippen LogP contribution is -2.46. The van der Waals surface area contributed by atoms with Crippen LogP contribution in [0, 0.1) is 12.8 Å². The normalized spacial score (nSPS) is 15.7. The molecule has 1 aliphatic carbocycles. The number of hydrogen-bond acceptors (Lipinski definition) is 7. The number of aromatic nitrogens is 2. The summed E-state index contributed by atoms with van der Waals surface area (Å²) >= 11 is 3.18. The Hall–Kier alpha value is -1.67. The summed E-state index contributed by atoms with van der Waals surface area (Å²) in [6, 6.07) is -0.621. The van der Waals surface area contributed by atoms with Crippen LogP contribution in [0.4, 0.5) is 0 Å². The summed E-state index contributed by atoms with van der Waals surface area (Å²) in [7, 11) is 1.35. The molecule has 0 spiro atoms. The Morgan fingerprint density at radius 3 is 2.75 bits per heavy atom. The number of carbonyl (C=O) groups is 2. The molecule has 0 unspecified atom stereocenters. The number of fused-ring (bicyclic) bond motifs is 3. The third-order valence-corrected chi connectivity index (χ3v) is 7.38. The topological polar surface area (TPSA) is 81.2 Å². The van der Waals surface area contributed by atoms with Crippen molar-refractivity contribution in [3.63, 3.8) is 0 Å². The predicted octanol–water partition coefficient (Wildman–Crippen LogP) is 3.67. The maximum atomic E-state index is 12.5. The Labute approximate surface area is 173 Å². The Morgan fingerprint density at radius 2 is 2.04 bits per heavy atom. The van der Waals surface area contributed by atoms with Crippen molar-refractivity contribution in [2.75, 3.05) is 12.9 Å². The number of thioether (sulfide) groups is 1. The number of methoxy groups -OCH3 is 1. The fourth-order valence-corrected chi connectivity index (χ4v) is 5.76. The lowest BCUT2D eigenvalue weighted by molar-refractivity contribution is -0.146. The average Bonchev–Trinajstić information content (AvgIpc) is 3.07. The zero-order chi connectivity index (χ0) is 20.3. The first-order valence-electron chi connectivity index (χ1n) is 9.73. The fraction of sp³-hybridized carbons (Fsp3) is 0.600. The van der Waals surface area contributed by atoms with Crippen molar-refractivity contribution in [2.24, 2.45) is 5.92 Å². The molecule has 152 valence electrons. The molecule has 0 bridgehead atoms. The number of aryl methyl sites for hydroxylation is 3. The molecule has 1 amide bonds. The number of nitrogens with zero attached hydrogens (tertiary/aromatic N) is 2. The highest BCUT2D eigenvalue weighted by molar-refractivity contribution is 8.00. The van der Waals surface area contributed by atoms with E-state index in [2.05, 4.69) is 15.3 Å². The molecule has 2 aromatic rings. The minimum Gasteiger partial charge on any atom is -0.467 e. The Bertz CT molecular complexity index is 881. The van der Waals surface area contributed by atoms with Crippen LogP contribution < -0.4 is 5.32 Å². The van der Waals surface area contributed by atoms with Crippen LogP contribution in [0.5, 0.6) is 0 Å². The Balaban J connectivity index is 1.76. The molecule has 0 aliphatic heterocycles. The van der Waals surface area contributed by atoms with E-state index in [1.54, 1.807) is 11.3 Å². The van der Waals surface area contributed by atoms with E-state index in [-0.39, 0.29) is 17.6 Å². The van der Waals surface area contributed by atoms with Crippen LogP contribution in [0.25, 0.3) is 10.2 Å². The van der Waals surface area contributed by atoms with E-state index in [0.717, 1.165) is 40.3 Å². The van der Waals surface area contributed by atoms with Crippen molar-refractivity contribution in [3.8, 4) is 0 Å². The van der Waals surface area contributed by atoms with Gasteiger partial charge in [-0.2, -0.15) is 0 Å². The Kier molecular flexibility index (Phi) is 6.93. The number of hydrogen-bond donors (Lipinski definition) is 1. The van der Waals surface area contributed by atoms with Gasteiger partial charge in [0.05, 0.1) is 12.9 Å². The molecule has 0 fully saturated rings. The van der Waals surface area contributed by atoms with Crippen molar-refractivity contribution in [2.45, 2.75) is 63.9 Å². The van der Waals surface area contributed by atoms with E-state index in [0.29, 0.717) is 0 Å². The standard InChI is InChI=1S/C20H27N3O3S2/c1-5-11(2)17(20(25)26-4)23-15(24)10-27-18-16-13-8-6-7-9-14(13)28-19(16)22-12(3)21-18/h11,17H,5-10H2,1-4H3,(H,23,24)/t11-,17-/m0/s1.